The van der Waals surface area contributed by atoms with Crippen molar-refractivity contribution in [3.05, 3.63) is 34.2 Å². The number of hydrogen-bond donors (Lipinski definition) is 2. The zero-order chi connectivity index (χ0) is 30.0. The highest BCUT2D eigenvalue weighted by Crippen LogP contribution is 2.38. The number of carbonyl (C=O) groups excluding carboxylic acids is 2. The van der Waals surface area contributed by atoms with Crippen LogP contribution in [0.25, 0.3) is 22.2 Å². The molecule has 1 amide bonds. The predicted octanol–water partition coefficient (Wildman–Crippen LogP) is 4.39. The standard InChI is InChI=1S/C31H41BN4O5S/c1-18-13-25-33-24(16-42-25)19-10-11-22-20(14-19)21(26(34-22)32-40-30(4,5)31(6,7)41-32)15-29(2,3)17-39-28(38)23-9-8-12-36(35-23)27(18)37/h10-11,14,16,18,23,34-35H,8-9,12-13,15,17H2,1-7H3/t18-,23-/m0/s1. The van der Waals surface area contributed by atoms with Crippen molar-refractivity contribution in [1.82, 2.24) is 20.4 Å². The molecule has 6 rings (SSSR count). The number of thiazole rings is 1. The van der Waals surface area contributed by atoms with E-state index in [-0.39, 0.29) is 24.4 Å². The van der Waals surface area contributed by atoms with Gasteiger partial charge in [-0.05, 0) is 64.7 Å². The molecule has 9 nitrogen and oxygen atoms in total. The molecule has 42 heavy (non-hydrogen) atoms. The van der Waals surface area contributed by atoms with E-state index >= 15 is 0 Å². The van der Waals surface area contributed by atoms with Crippen molar-refractivity contribution < 1.29 is 23.6 Å². The van der Waals surface area contributed by atoms with Gasteiger partial charge >= 0.3 is 13.1 Å². The second-order valence-electron chi connectivity index (χ2n) is 13.9. The summed E-state index contributed by atoms with van der Waals surface area (Å²) in [5.74, 6) is -0.629. The minimum absolute atomic E-state index is 0.0284. The van der Waals surface area contributed by atoms with Gasteiger partial charge in [0.1, 0.15) is 6.04 Å². The third-order valence-electron chi connectivity index (χ3n) is 9.18. The van der Waals surface area contributed by atoms with E-state index in [1.807, 2.05) is 6.92 Å². The maximum absolute atomic E-state index is 13.3. The van der Waals surface area contributed by atoms with Crippen LogP contribution in [0.15, 0.2) is 23.6 Å². The smallest absolute Gasteiger partial charge is 0.464 e. The number of nitrogens with zero attached hydrogens (tertiary/aromatic N) is 2. The van der Waals surface area contributed by atoms with Gasteiger partial charge in [-0.2, -0.15) is 0 Å². The van der Waals surface area contributed by atoms with Crippen LogP contribution in [0.4, 0.5) is 0 Å². The molecule has 2 atom stereocenters. The van der Waals surface area contributed by atoms with Gasteiger partial charge in [0.2, 0.25) is 5.91 Å². The van der Waals surface area contributed by atoms with Crippen LogP contribution >= 0.6 is 11.3 Å². The molecule has 0 saturated carbocycles. The number of benzene rings is 1. The zero-order valence-corrected chi connectivity index (χ0v) is 26.4. The Labute approximate surface area is 251 Å². The van der Waals surface area contributed by atoms with Gasteiger partial charge in [0.05, 0.1) is 28.5 Å². The van der Waals surface area contributed by atoms with Crippen LogP contribution < -0.4 is 11.0 Å². The van der Waals surface area contributed by atoms with Gasteiger partial charge in [-0.3, -0.25) is 14.6 Å². The van der Waals surface area contributed by atoms with Crippen LogP contribution in [0.2, 0.25) is 0 Å². The van der Waals surface area contributed by atoms with E-state index in [0.717, 1.165) is 44.7 Å². The lowest BCUT2D eigenvalue weighted by Gasteiger charge is -2.34. The van der Waals surface area contributed by atoms with Crippen molar-refractivity contribution in [1.29, 1.82) is 0 Å². The van der Waals surface area contributed by atoms with Gasteiger partial charge in [-0.25, -0.2) is 10.4 Å². The largest absolute Gasteiger partial charge is 0.512 e. The molecule has 0 aliphatic carbocycles. The quantitative estimate of drug-likeness (QED) is 0.319. The second-order valence-corrected chi connectivity index (χ2v) is 14.8. The Bertz CT molecular complexity index is 1510. The number of cyclic esters (lactones) is 1. The maximum atomic E-state index is 13.3. The molecular formula is C31H41BN4O5S. The summed E-state index contributed by atoms with van der Waals surface area (Å²) in [6, 6.07) is 5.79. The normalized spacial score (nSPS) is 25.9. The molecule has 5 heterocycles. The molecule has 0 unspecified atom stereocenters. The average molecular weight is 593 g/mol. The van der Waals surface area contributed by atoms with E-state index in [9.17, 15) is 9.59 Å². The number of hydrogen-bond acceptors (Lipinski definition) is 8. The van der Waals surface area contributed by atoms with E-state index in [4.69, 9.17) is 19.0 Å². The van der Waals surface area contributed by atoms with Crippen molar-refractivity contribution in [3.8, 4) is 11.3 Å². The van der Waals surface area contributed by atoms with Crippen LogP contribution in [0.3, 0.4) is 0 Å². The molecule has 224 valence electrons. The fourth-order valence-electron chi connectivity index (χ4n) is 5.94. The first-order chi connectivity index (χ1) is 19.7. The van der Waals surface area contributed by atoms with Crippen molar-refractivity contribution in [2.45, 2.75) is 91.4 Å². The average Bonchev–Trinajstić information content (AvgIpc) is 3.60. The zero-order valence-electron chi connectivity index (χ0n) is 25.6. The first kappa shape index (κ1) is 29.4. The summed E-state index contributed by atoms with van der Waals surface area (Å²) >= 11 is 1.57. The molecule has 1 aromatic carbocycles. The number of hydrazine groups is 1. The number of aromatic amines is 1. The molecule has 3 aromatic rings. The number of rotatable bonds is 1. The Balaban J connectivity index is 1.43. The molecule has 0 radical (unpaired) electrons. The van der Waals surface area contributed by atoms with E-state index in [1.54, 1.807) is 16.3 Å². The number of esters is 1. The van der Waals surface area contributed by atoms with Gasteiger partial charge < -0.3 is 19.0 Å². The number of aromatic nitrogens is 2. The molecule has 11 heteroatoms. The number of nitrogens with one attached hydrogen (secondary N) is 2. The Morgan fingerprint density at radius 3 is 2.57 bits per heavy atom. The second kappa shape index (κ2) is 10.5. The Morgan fingerprint density at radius 2 is 1.83 bits per heavy atom. The van der Waals surface area contributed by atoms with E-state index in [1.165, 1.54) is 0 Å². The Kier molecular flexibility index (Phi) is 7.32. The topological polar surface area (TPSA) is 106 Å². The lowest BCUT2D eigenvalue weighted by atomic mass is 9.76. The Morgan fingerprint density at radius 1 is 1.10 bits per heavy atom. The molecule has 0 spiro atoms. The lowest BCUT2D eigenvalue weighted by molar-refractivity contribution is -0.155. The fraction of sp³-hybridized carbons (Fsp3) is 0.581. The molecule has 2 fully saturated rings. The first-order valence-electron chi connectivity index (χ1n) is 14.9. The number of amides is 1. The van der Waals surface area contributed by atoms with E-state index < -0.39 is 29.8 Å². The highest BCUT2D eigenvalue weighted by molar-refractivity contribution is 7.10. The highest BCUT2D eigenvalue weighted by atomic mass is 32.1. The van der Waals surface area contributed by atoms with Crippen LogP contribution in [-0.2, 0) is 36.5 Å². The van der Waals surface area contributed by atoms with Crippen molar-refractivity contribution >= 4 is 46.8 Å². The summed E-state index contributed by atoms with van der Waals surface area (Å²) in [6.45, 7) is 15.2. The van der Waals surface area contributed by atoms with Crippen LogP contribution in [0.1, 0.15) is 71.9 Å². The van der Waals surface area contributed by atoms with Gasteiger partial charge in [-0.15, -0.1) is 11.3 Å². The summed E-state index contributed by atoms with van der Waals surface area (Å²) < 4.78 is 18.9. The predicted molar refractivity (Wildman–Crippen MR) is 164 cm³/mol. The SMILES string of the molecule is C[C@H]1Cc2nc(cs2)-c2ccc3[nH]c(B4OC(C)(C)C(C)(C)O4)c(c3c2)CC(C)(C)COC(=O)[C@@H]2CCCN(N2)C1=O. The molecule has 2 N–H and O–H groups in total. The molecular weight excluding hydrogens is 551 g/mol. The summed E-state index contributed by atoms with van der Waals surface area (Å²) in [6.07, 6.45) is 2.54. The van der Waals surface area contributed by atoms with E-state index in [2.05, 4.69) is 75.5 Å². The molecule has 6 bridgehead atoms. The molecule has 2 aromatic heterocycles. The summed E-state index contributed by atoms with van der Waals surface area (Å²) in [7, 11) is -0.556. The van der Waals surface area contributed by atoms with E-state index in [0.29, 0.717) is 25.8 Å². The minimum Gasteiger partial charge on any atom is -0.464 e. The van der Waals surface area contributed by atoms with Crippen molar-refractivity contribution in [2.24, 2.45) is 11.3 Å². The van der Waals surface area contributed by atoms with Gasteiger partial charge in [-0.1, -0.05) is 26.8 Å². The Hall–Kier alpha value is -2.73. The highest BCUT2D eigenvalue weighted by Gasteiger charge is 2.53. The number of ether oxygens (including phenoxy) is 1. The van der Waals surface area contributed by atoms with Crippen LogP contribution in [0.5, 0.6) is 0 Å². The van der Waals surface area contributed by atoms with Gasteiger partial charge in [0.25, 0.3) is 0 Å². The molecule has 3 aliphatic rings. The van der Waals surface area contributed by atoms with Crippen LogP contribution in [-0.4, -0.2) is 64.4 Å². The third kappa shape index (κ3) is 5.40. The summed E-state index contributed by atoms with van der Waals surface area (Å²) in [4.78, 5) is 35.0. The minimum atomic E-state index is -0.556. The fourth-order valence-corrected chi connectivity index (χ4v) is 6.88. The summed E-state index contributed by atoms with van der Waals surface area (Å²) in [5, 5.41) is 5.64. The number of carbonyl (C=O) groups is 2. The van der Waals surface area contributed by atoms with Crippen molar-refractivity contribution in [2.75, 3.05) is 13.2 Å². The maximum Gasteiger partial charge on any atom is 0.512 e. The van der Waals surface area contributed by atoms with Gasteiger partial charge in [0.15, 0.2) is 0 Å². The van der Waals surface area contributed by atoms with Crippen LogP contribution in [0, 0.1) is 11.3 Å². The molecule has 3 aliphatic heterocycles. The van der Waals surface area contributed by atoms with Crippen molar-refractivity contribution in [3.63, 3.8) is 0 Å². The molecule has 2 saturated heterocycles. The number of fused-ring (bicyclic) bond motifs is 6. The first-order valence-corrected chi connectivity index (χ1v) is 15.8. The third-order valence-corrected chi connectivity index (χ3v) is 10.0. The summed E-state index contributed by atoms with van der Waals surface area (Å²) in [5.41, 5.74) is 6.67. The monoisotopic (exact) mass is 592 g/mol. The van der Waals surface area contributed by atoms with Gasteiger partial charge in [0, 0.05) is 51.7 Å². The number of H-pyrrole nitrogens is 1. The lowest BCUT2D eigenvalue weighted by Crippen LogP contribution is -2.56.